The van der Waals surface area contributed by atoms with Crippen LogP contribution in [0.1, 0.15) is 12.7 Å². The molecule has 1 N–H and O–H groups in total. The van der Waals surface area contributed by atoms with Crippen LogP contribution in [0.2, 0.25) is 0 Å². The first-order valence-corrected chi connectivity index (χ1v) is 3.37. The highest BCUT2D eigenvalue weighted by Crippen LogP contribution is 2.02. The second kappa shape index (κ2) is 3.17. The summed E-state index contributed by atoms with van der Waals surface area (Å²) in [5.74, 6) is -0.282. The largest absolute Gasteiger partial charge is 0.504 e. The van der Waals surface area contributed by atoms with Crippen molar-refractivity contribution in [2.75, 3.05) is 0 Å². The molecule has 0 saturated heterocycles. The maximum atomic E-state index is 10.5. The average molecular weight is 167 g/mol. The first-order chi connectivity index (χ1) is 5.59. The number of nitrogens with zero attached hydrogens (tertiary/aromatic N) is 3. The first kappa shape index (κ1) is 8.45. The summed E-state index contributed by atoms with van der Waals surface area (Å²) in [4.78, 5) is 14.3. The molecule has 0 radical (unpaired) electrons. The van der Waals surface area contributed by atoms with Crippen LogP contribution in [0.25, 0.3) is 5.76 Å². The summed E-state index contributed by atoms with van der Waals surface area (Å²) < 4.78 is 1.44. The van der Waals surface area contributed by atoms with Crippen molar-refractivity contribution < 1.29 is 9.90 Å². The number of aromatic nitrogens is 3. The Morgan fingerprint density at radius 2 is 2.42 bits per heavy atom. The summed E-state index contributed by atoms with van der Waals surface area (Å²) in [5, 5.41) is 13.0. The number of carbonyl (C=O) groups is 1. The van der Waals surface area contributed by atoms with Crippen LogP contribution in [0.15, 0.2) is 12.4 Å². The fraction of sp³-hybridized carbons (Fsp3) is 0.286. The Bertz CT molecular complexity index is 327. The molecule has 1 aromatic rings. The van der Waals surface area contributed by atoms with Gasteiger partial charge in [-0.15, -0.1) is 5.10 Å². The Labute approximate surface area is 69.3 Å². The molecule has 1 aromatic heterocycles. The molecule has 0 saturated carbocycles. The van der Waals surface area contributed by atoms with Gasteiger partial charge in [-0.1, -0.05) is 0 Å². The highest BCUT2D eigenvalue weighted by molar-refractivity contribution is 5.92. The number of carbonyl (C=O) groups excluding carboxylic acids is 1. The SMILES string of the molecule is CC(=O)/C=C(\O)c1ncn(C)n1. The number of ketones is 1. The number of hydrogen-bond acceptors (Lipinski definition) is 4. The van der Waals surface area contributed by atoms with Crippen LogP contribution in [-0.4, -0.2) is 25.7 Å². The fourth-order valence-corrected chi connectivity index (χ4v) is 0.714. The lowest BCUT2D eigenvalue weighted by molar-refractivity contribution is -0.112. The quantitative estimate of drug-likeness (QED) is 0.508. The second-order valence-electron chi connectivity index (χ2n) is 2.38. The van der Waals surface area contributed by atoms with Crippen LogP contribution in [0.4, 0.5) is 0 Å². The van der Waals surface area contributed by atoms with Gasteiger partial charge in [-0.05, 0) is 6.92 Å². The van der Waals surface area contributed by atoms with Crippen LogP contribution >= 0.6 is 0 Å². The minimum atomic E-state index is -0.236. The number of aliphatic hydroxyl groups is 1. The molecular formula is C7H9N3O2. The smallest absolute Gasteiger partial charge is 0.216 e. The molecule has 12 heavy (non-hydrogen) atoms. The van der Waals surface area contributed by atoms with E-state index < -0.39 is 0 Å². The average Bonchev–Trinajstić information content (AvgIpc) is 2.34. The van der Waals surface area contributed by atoms with Gasteiger partial charge in [-0.3, -0.25) is 9.48 Å². The van der Waals surface area contributed by atoms with E-state index in [0.717, 1.165) is 6.08 Å². The van der Waals surface area contributed by atoms with Crippen molar-refractivity contribution in [1.82, 2.24) is 14.8 Å². The number of rotatable bonds is 2. The Kier molecular flexibility index (Phi) is 2.23. The minimum Gasteiger partial charge on any atom is -0.504 e. The molecule has 0 aromatic carbocycles. The summed E-state index contributed by atoms with van der Waals surface area (Å²) in [7, 11) is 1.68. The number of aliphatic hydroxyl groups excluding tert-OH is 1. The maximum absolute atomic E-state index is 10.5. The van der Waals surface area contributed by atoms with E-state index in [-0.39, 0.29) is 17.4 Å². The summed E-state index contributed by atoms with van der Waals surface area (Å²) >= 11 is 0. The van der Waals surface area contributed by atoms with E-state index in [9.17, 15) is 9.90 Å². The number of allylic oxidation sites excluding steroid dienone is 1. The lowest BCUT2D eigenvalue weighted by Crippen LogP contribution is -1.93. The number of hydrogen-bond donors (Lipinski definition) is 1. The molecule has 0 aliphatic rings. The summed E-state index contributed by atoms with van der Waals surface area (Å²) in [6, 6.07) is 0. The molecule has 0 aliphatic heterocycles. The van der Waals surface area contributed by atoms with E-state index in [0.29, 0.717) is 0 Å². The topological polar surface area (TPSA) is 68.0 Å². The van der Waals surface area contributed by atoms with Crippen molar-refractivity contribution >= 4 is 11.5 Å². The van der Waals surface area contributed by atoms with E-state index >= 15 is 0 Å². The van der Waals surface area contributed by atoms with Crippen molar-refractivity contribution in [2.24, 2.45) is 7.05 Å². The first-order valence-electron chi connectivity index (χ1n) is 3.37. The summed E-state index contributed by atoms with van der Waals surface area (Å²) in [6.45, 7) is 1.35. The van der Waals surface area contributed by atoms with Crippen molar-refractivity contribution in [3.63, 3.8) is 0 Å². The van der Waals surface area contributed by atoms with Gasteiger partial charge in [0, 0.05) is 13.1 Å². The van der Waals surface area contributed by atoms with Crippen LogP contribution in [0.5, 0.6) is 0 Å². The van der Waals surface area contributed by atoms with E-state index in [2.05, 4.69) is 10.1 Å². The van der Waals surface area contributed by atoms with Crippen LogP contribution in [0, 0.1) is 0 Å². The van der Waals surface area contributed by atoms with Crippen molar-refractivity contribution in [2.45, 2.75) is 6.92 Å². The molecule has 64 valence electrons. The van der Waals surface area contributed by atoms with Crippen molar-refractivity contribution in [3.8, 4) is 0 Å². The normalized spacial score (nSPS) is 11.7. The Balaban J connectivity index is 2.91. The van der Waals surface area contributed by atoms with Gasteiger partial charge in [0.2, 0.25) is 5.82 Å². The zero-order valence-corrected chi connectivity index (χ0v) is 6.85. The van der Waals surface area contributed by atoms with Crippen LogP contribution in [0.3, 0.4) is 0 Å². The molecule has 0 unspecified atom stereocenters. The molecule has 1 heterocycles. The zero-order valence-electron chi connectivity index (χ0n) is 6.85. The van der Waals surface area contributed by atoms with Gasteiger partial charge in [-0.25, -0.2) is 4.98 Å². The third kappa shape index (κ3) is 1.91. The van der Waals surface area contributed by atoms with Crippen molar-refractivity contribution in [1.29, 1.82) is 0 Å². The lowest BCUT2D eigenvalue weighted by Gasteiger charge is -1.89. The van der Waals surface area contributed by atoms with Gasteiger partial charge >= 0.3 is 0 Å². The van der Waals surface area contributed by atoms with E-state index in [1.165, 1.54) is 17.9 Å². The second-order valence-corrected chi connectivity index (χ2v) is 2.38. The third-order valence-electron chi connectivity index (χ3n) is 1.17. The Hall–Kier alpha value is -1.65. The predicted molar refractivity (Wildman–Crippen MR) is 42.3 cm³/mol. The molecular weight excluding hydrogens is 158 g/mol. The molecule has 0 bridgehead atoms. The fourth-order valence-electron chi connectivity index (χ4n) is 0.714. The maximum Gasteiger partial charge on any atom is 0.216 e. The molecule has 0 spiro atoms. The monoisotopic (exact) mass is 167 g/mol. The van der Waals surface area contributed by atoms with Crippen LogP contribution < -0.4 is 0 Å². The third-order valence-corrected chi connectivity index (χ3v) is 1.17. The molecule has 0 amide bonds. The van der Waals surface area contributed by atoms with E-state index in [4.69, 9.17) is 0 Å². The molecule has 1 rings (SSSR count). The van der Waals surface area contributed by atoms with Gasteiger partial charge in [0.1, 0.15) is 6.33 Å². The highest BCUT2D eigenvalue weighted by Gasteiger charge is 2.04. The Morgan fingerprint density at radius 3 is 2.83 bits per heavy atom. The lowest BCUT2D eigenvalue weighted by atomic mass is 10.3. The molecule has 0 aliphatic carbocycles. The van der Waals surface area contributed by atoms with E-state index in [1.807, 2.05) is 0 Å². The molecule has 5 nitrogen and oxygen atoms in total. The summed E-state index contributed by atoms with van der Waals surface area (Å²) in [5.41, 5.74) is 0. The molecule has 0 atom stereocenters. The predicted octanol–water partition coefficient (Wildman–Crippen LogP) is 0.303. The van der Waals surface area contributed by atoms with Crippen molar-refractivity contribution in [3.05, 3.63) is 18.2 Å². The molecule has 0 fully saturated rings. The van der Waals surface area contributed by atoms with Gasteiger partial charge < -0.3 is 5.11 Å². The van der Waals surface area contributed by atoms with Gasteiger partial charge in [0.05, 0.1) is 0 Å². The standard InChI is InChI=1S/C7H9N3O2/c1-5(11)3-6(12)7-8-4-10(2)9-7/h3-4,12H,1-2H3/b6-3-. The highest BCUT2D eigenvalue weighted by atomic mass is 16.3. The van der Waals surface area contributed by atoms with Crippen LogP contribution in [-0.2, 0) is 11.8 Å². The summed E-state index contributed by atoms with van der Waals surface area (Å²) in [6.07, 6.45) is 2.52. The van der Waals surface area contributed by atoms with E-state index in [1.54, 1.807) is 7.05 Å². The number of aryl methyl sites for hydroxylation is 1. The van der Waals surface area contributed by atoms with Gasteiger partial charge in [0.25, 0.3) is 0 Å². The van der Waals surface area contributed by atoms with Gasteiger partial charge in [0.15, 0.2) is 11.5 Å². The minimum absolute atomic E-state index is 0.160. The molecule has 5 heteroatoms. The Morgan fingerprint density at radius 1 is 1.75 bits per heavy atom. The zero-order chi connectivity index (χ0) is 9.14. The van der Waals surface area contributed by atoms with Gasteiger partial charge in [-0.2, -0.15) is 0 Å².